The highest BCUT2D eigenvalue weighted by Gasteiger charge is 2.75. The molecule has 2 saturated heterocycles. The average molecular weight is 548 g/mol. The highest BCUT2D eigenvalue weighted by Crippen LogP contribution is 2.66. The molecular formula is C26H31F2N5O6. The quantitative estimate of drug-likeness (QED) is 0.303. The number of halogens is 2. The molecule has 2 aliphatic heterocycles. The van der Waals surface area contributed by atoms with Crippen molar-refractivity contribution in [3.8, 4) is 5.75 Å². The molecule has 1 aromatic heterocycles. The van der Waals surface area contributed by atoms with Gasteiger partial charge in [0.1, 0.15) is 23.7 Å². The number of H-pyrrole nitrogens is 1. The molecule has 210 valence electrons. The number of methoxy groups -OCH3 is 1. The van der Waals surface area contributed by atoms with Gasteiger partial charge < -0.3 is 30.8 Å². The van der Waals surface area contributed by atoms with Crippen LogP contribution in [0.5, 0.6) is 5.75 Å². The van der Waals surface area contributed by atoms with Gasteiger partial charge in [-0.05, 0) is 50.4 Å². The normalized spacial score (nSPS) is 28.3. The molecule has 3 fully saturated rings. The Bertz CT molecular complexity index is 1330. The van der Waals surface area contributed by atoms with Gasteiger partial charge in [0.15, 0.2) is 0 Å². The zero-order valence-electron chi connectivity index (χ0n) is 21.3. The maximum Gasteiger partial charge on any atom is 0.287 e. The number of hydrogen-bond donors (Lipinski definition) is 5. The van der Waals surface area contributed by atoms with Crippen molar-refractivity contribution in [3.63, 3.8) is 0 Å². The number of benzene rings is 1. The fourth-order valence-corrected chi connectivity index (χ4v) is 5.94. The van der Waals surface area contributed by atoms with Gasteiger partial charge in [0, 0.05) is 29.8 Å². The number of carbonyl (C=O) groups is 4. The molecule has 1 spiro atoms. The molecule has 1 aromatic carbocycles. The number of rotatable bonds is 8. The zero-order chi connectivity index (χ0) is 28.1. The van der Waals surface area contributed by atoms with Crippen molar-refractivity contribution in [1.82, 2.24) is 20.5 Å². The molecule has 1 aliphatic carbocycles. The molecule has 11 nitrogen and oxygen atoms in total. The van der Waals surface area contributed by atoms with Gasteiger partial charge in [-0.2, -0.15) is 0 Å². The minimum Gasteiger partial charge on any atom is -0.496 e. The van der Waals surface area contributed by atoms with E-state index in [1.807, 2.05) is 0 Å². The number of aliphatic hydroxyl groups excluding tert-OH is 1. The highest BCUT2D eigenvalue weighted by atomic mass is 19.3. The maximum atomic E-state index is 14.4. The highest BCUT2D eigenvalue weighted by molar-refractivity contribution is 6.37. The molecule has 0 bridgehead atoms. The number of fused-ring (bicyclic) bond motifs is 1. The van der Waals surface area contributed by atoms with Crippen LogP contribution in [0.4, 0.5) is 8.78 Å². The van der Waals surface area contributed by atoms with E-state index >= 15 is 0 Å². The third kappa shape index (κ3) is 4.84. The van der Waals surface area contributed by atoms with Gasteiger partial charge in [0.2, 0.25) is 11.7 Å². The Morgan fingerprint density at radius 2 is 2.05 bits per heavy atom. The fraction of sp³-hybridized carbons (Fsp3) is 0.538. The summed E-state index contributed by atoms with van der Waals surface area (Å²) in [7, 11) is 1.48. The second kappa shape index (κ2) is 9.87. The van der Waals surface area contributed by atoms with Crippen molar-refractivity contribution in [2.45, 2.75) is 56.3 Å². The molecule has 2 aromatic rings. The van der Waals surface area contributed by atoms with Crippen molar-refractivity contribution in [3.05, 3.63) is 30.0 Å². The first-order valence-corrected chi connectivity index (χ1v) is 12.9. The predicted molar refractivity (Wildman–Crippen MR) is 134 cm³/mol. The number of nitrogens with two attached hydrogens (primary N) is 1. The number of carbonyl (C=O) groups excluding carboxylic acids is 4. The Kier molecular flexibility index (Phi) is 6.83. The van der Waals surface area contributed by atoms with Crippen molar-refractivity contribution in [2.24, 2.45) is 17.1 Å². The lowest BCUT2D eigenvalue weighted by atomic mass is 9.89. The number of ether oxygens (including phenoxy) is 1. The van der Waals surface area contributed by atoms with Crippen molar-refractivity contribution in [1.29, 1.82) is 0 Å². The molecule has 3 amide bonds. The molecule has 6 N–H and O–H groups in total. The molecule has 13 heteroatoms. The summed E-state index contributed by atoms with van der Waals surface area (Å²) in [6.07, 6.45) is -0.532. The van der Waals surface area contributed by atoms with Gasteiger partial charge in [-0.15, -0.1) is 0 Å². The summed E-state index contributed by atoms with van der Waals surface area (Å²) in [5, 5.41) is 16.2. The second-order valence-corrected chi connectivity index (χ2v) is 10.7. The van der Waals surface area contributed by atoms with Gasteiger partial charge in [0.05, 0.1) is 18.6 Å². The lowest BCUT2D eigenvalue weighted by Gasteiger charge is -2.32. The molecule has 5 rings (SSSR count). The number of aliphatic hydroxyl groups is 1. The van der Waals surface area contributed by atoms with Crippen LogP contribution in [0.15, 0.2) is 24.3 Å². The summed E-state index contributed by atoms with van der Waals surface area (Å²) in [4.78, 5) is 55.5. The molecule has 3 heterocycles. The number of nitrogens with one attached hydrogen (secondary N) is 3. The third-order valence-corrected chi connectivity index (χ3v) is 8.25. The van der Waals surface area contributed by atoms with E-state index in [2.05, 4.69) is 15.6 Å². The first kappa shape index (κ1) is 27.0. The molecule has 3 aliphatic rings. The van der Waals surface area contributed by atoms with E-state index in [0.29, 0.717) is 36.0 Å². The molecule has 0 radical (unpaired) electrons. The SMILES string of the molecule is COc1cccc2[nH]c(C(=O)N3CC4(CC3C(=O)NC(CC3CCCNC3O)C(=O)C(N)=O)CC4(F)F)cc12. The standard InChI is InChI=1S/C26H31F2N5O6/c1-39-19-6-2-5-15-14(19)9-17(31-15)24(38)33-12-25(11-26(25,27)28)10-18(33)23(37)32-16(20(34)21(29)35)8-13-4-3-7-30-22(13)36/h2,5-6,9,13,16,18,22,30-31,36H,3-4,7-8,10-12H2,1H3,(H2,29,35)(H,32,37). The number of nitrogens with zero attached hydrogens (tertiary/aromatic N) is 1. The summed E-state index contributed by atoms with van der Waals surface area (Å²) in [6, 6.07) is 4.03. The minimum absolute atomic E-state index is 0.0779. The third-order valence-electron chi connectivity index (χ3n) is 8.25. The topological polar surface area (TPSA) is 167 Å². The molecular weight excluding hydrogens is 516 g/mol. The minimum atomic E-state index is -3.04. The summed E-state index contributed by atoms with van der Waals surface area (Å²) in [5.74, 6) is -6.80. The monoisotopic (exact) mass is 547 g/mol. The Balaban J connectivity index is 1.41. The summed E-state index contributed by atoms with van der Waals surface area (Å²) >= 11 is 0. The molecule has 39 heavy (non-hydrogen) atoms. The second-order valence-electron chi connectivity index (χ2n) is 10.7. The molecule has 5 atom stereocenters. The predicted octanol–water partition coefficient (Wildman–Crippen LogP) is 0.664. The summed E-state index contributed by atoms with van der Waals surface area (Å²) in [5.41, 5.74) is 4.36. The number of aromatic amines is 1. The Morgan fingerprint density at radius 1 is 1.31 bits per heavy atom. The van der Waals surface area contributed by atoms with E-state index in [1.54, 1.807) is 24.3 Å². The van der Waals surface area contributed by atoms with Crippen LogP contribution in [0.1, 0.15) is 42.6 Å². The fourth-order valence-electron chi connectivity index (χ4n) is 5.94. The molecule has 5 unspecified atom stereocenters. The van der Waals surface area contributed by atoms with E-state index in [9.17, 15) is 33.1 Å². The Labute approximate surface area is 222 Å². The number of aromatic nitrogens is 1. The smallest absolute Gasteiger partial charge is 0.287 e. The van der Waals surface area contributed by atoms with Crippen molar-refractivity contribution in [2.75, 3.05) is 20.2 Å². The Morgan fingerprint density at radius 3 is 2.69 bits per heavy atom. The Hall–Kier alpha value is -3.58. The van der Waals surface area contributed by atoms with Crippen LogP contribution in [-0.2, 0) is 14.4 Å². The lowest BCUT2D eigenvalue weighted by molar-refractivity contribution is -0.139. The van der Waals surface area contributed by atoms with E-state index in [1.165, 1.54) is 7.11 Å². The number of primary amides is 1. The van der Waals surface area contributed by atoms with Crippen LogP contribution in [0.25, 0.3) is 10.9 Å². The van der Waals surface area contributed by atoms with Crippen LogP contribution >= 0.6 is 0 Å². The first-order valence-electron chi connectivity index (χ1n) is 12.9. The maximum absolute atomic E-state index is 14.4. The van der Waals surface area contributed by atoms with E-state index < -0.39 is 65.5 Å². The van der Waals surface area contributed by atoms with Gasteiger partial charge in [0.25, 0.3) is 17.7 Å². The molecule has 1 saturated carbocycles. The number of amides is 3. The average Bonchev–Trinajstić information content (AvgIpc) is 3.25. The van der Waals surface area contributed by atoms with Crippen LogP contribution in [0.2, 0.25) is 0 Å². The van der Waals surface area contributed by atoms with Gasteiger partial charge in [-0.1, -0.05) is 6.07 Å². The number of piperidine rings is 1. The van der Waals surface area contributed by atoms with Crippen LogP contribution in [-0.4, -0.2) is 82.9 Å². The number of hydrogen-bond acceptors (Lipinski definition) is 7. The number of Topliss-reactive ketones (excluding diaryl/α,β-unsaturated/α-hetero) is 1. The van der Waals surface area contributed by atoms with E-state index in [0.717, 1.165) is 4.90 Å². The zero-order valence-corrected chi connectivity index (χ0v) is 21.3. The van der Waals surface area contributed by atoms with E-state index in [4.69, 9.17) is 10.5 Å². The number of likely N-dealkylation sites (tertiary alicyclic amines) is 1. The van der Waals surface area contributed by atoms with Crippen molar-refractivity contribution < 1.29 is 37.8 Å². The van der Waals surface area contributed by atoms with Crippen LogP contribution < -0.4 is 21.1 Å². The summed E-state index contributed by atoms with van der Waals surface area (Å²) < 4.78 is 34.2. The number of alkyl halides is 2. The number of ketones is 1. The van der Waals surface area contributed by atoms with Gasteiger partial charge in [-0.25, -0.2) is 8.78 Å². The van der Waals surface area contributed by atoms with Crippen LogP contribution in [0.3, 0.4) is 0 Å². The largest absolute Gasteiger partial charge is 0.496 e. The lowest BCUT2D eigenvalue weighted by Crippen LogP contribution is -2.54. The van der Waals surface area contributed by atoms with Crippen molar-refractivity contribution >= 4 is 34.4 Å². The van der Waals surface area contributed by atoms with Gasteiger partial charge in [-0.3, -0.25) is 24.5 Å². The first-order chi connectivity index (χ1) is 18.5. The summed E-state index contributed by atoms with van der Waals surface area (Å²) in [6.45, 7) is 0.233. The van der Waals surface area contributed by atoms with Gasteiger partial charge >= 0.3 is 0 Å². The van der Waals surface area contributed by atoms with Crippen LogP contribution in [0, 0.1) is 11.3 Å². The van der Waals surface area contributed by atoms with E-state index in [-0.39, 0.29) is 25.1 Å².